The molecule has 3 nitrogen and oxygen atoms in total. The fourth-order valence-corrected chi connectivity index (χ4v) is 2.00. The summed E-state index contributed by atoms with van der Waals surface area (Å²) in [5.41, 5.74) is 2.48. The molecule has 4 heteroatoms. The third-order valence-corrected chi connectivity index (χ3v) is 2.71. The number of aromatic nitrogens is 2. The quantitative estimate of drug-likeness (QED) is 0.797. The zero-order valence-electron chi connectivity index (χ0n) is 8.74. The van der Waals surface area contributed by atoms with Gasteiger partial charge in [0.25, 0.3) is 0 Å². The first kappa shape index (κ1) is 10.5. The van der Waals surface area contributed by atoms with Crippen LogP contribution in [-0.2, 0) is 6.61 Å². The molecule has 0 unspecified atom stereocenters. The molecule has 0 amide bonds. The summed E-state index contributed by atoms with van der Waals surface area (Å²) < 4.78 is 1.79. The molecule has 0 spiro atoms. The van der Waals surface area contributed by atoms with Crippen molar-refractivity contribution in [3.05, 3.63) is 34.7 Å². The van der Waals surface area contributed by atoms with Crippen LogP contribution in [0.25, 0.3) is 5.65 Å². The smallest absolute Gasteiger partial charge is 0.138 e. The van der Waals surface area contributed by atoms with E-state index in [9.17, 15) is 5.11 Å². The second-order valence-electron chi connectivity index (χ2n) is 3.80. The Balaban J connectivity index is 2.80. The molecule has 0 radical (unpaired) electrons. The van der Waals surface area contributed by atoms with E-state index in [1.54, 1.807) is 10.5 Å². The van der Waals surface area contributed by atoms with Gasteiger partial charge in [-0.1, -0.05) is 31.5 Å². The Labute approximate surface area is 93.3 Å². The molecule has 0 atom stereocenters. The van der Waals surface area contributed by atoms with Crippen LogP contribution in [0.1, 0.15) is 31.2 Å². The standard InChI is InChI=1S/C11H13ClN2O/c1-7(2)11-8(6-15)14-9(12)4-3-5-10(14)13-11/h3-5,7,15H,6H2,1-2H3. The van der Waals surface area contributed by atoms with Crippen LogP contribution in [0.5, 0.6) is 0 Å². The lowest BCUT2D eigenvalue weighted by Crippen LogP contribution is -1.98. The molecule has 2 rings (SSSR count). The summed E-state index contributed by atoms with van der Waals surface area (Å²) >= 11 is 6.07. The van der Waals surface area contributed by atoms with Gasteiger partial charge < -0.3 is 5.11 Å². The number of hydrogen-bond donors (Lipinski definition) is 1. The molecule has 15 heavy (non-hydrogen) atoms. The van der Waals surface area contributed by atoms with E-state index in [1.807, 2.05) is 12.1 Å². The van der Waals surface area contributed by atoms with Crippen molar-refractivity contribution in [2.45, 2.75) is 26.4 Å². The highest BCUT2D eigenvalue weighted by molar-refractivity contribution is 6.29. The largest absolute Gasteiger partial charge is 0.390 e. The summed E-state index contributed by atoms with van der Waals surface area (Å²) in [5.74, 6) is 0.281. The minimum Gasteiger partial charge on any atom is -0.390 e. The Bertz CT molecular complexity index is 491. The number of hydrogen-bond acceptors (Lipinski definition) is 2. The first-order valence-electron chi connectivity index (χ1n) is 4.91. The number of aliphatic hydroxyl groups is 1. The summed E-state index contributed by atoms with van der Waals surface area (Å²) in [5, 5.41) is 9.94. The van der Waals surface area contributed by atoms with Gasteiger partial charge in [0.05, 0.1) is 18.0 Å². The van der Waals surface area contributed by atoms with E-state index in [2.05, 4.69) is 18.8 Å². The van der Waals surface area contributed by atoms with Gasteiger partial charge in [0.2, 0.25) is 0 Å². The van der Waals surface area contributed by atoms with Crippen molar-refractivity contribution < 1.29 is 5.11 Å². The number of halogens is 1. The molecule has 0 aliphatic heterocycles. The SMILES string of the molecule is CC(C)c1nc2cccc(Cl)n2c1CO. The van der Waals surface area contributed by atoms with Crippen LogP contribution in [0, 0.1) is 0 Å². The maximum Gasteiger partial charge on any atom is 0.138 e. The second-order valence-corrected chi connectivity index (χ2v) is 4.19. The van der Waals surface area contributed by atoms with E-state index in [-0.39, 0.29) is 12.5 Å². The van der Waals surface area contributed by atoms with Crippen molar-refractivity contribution in [1.82, 2.24) is 9.38 Å². The summed E-state index contributed by atoms with van der Waals surface area (Å²) in [6, 6.07) is 5.53. The Morgan fingerprint density at radius 3 is 2.80 bits per heavy atom. The zero-order valence-corrected chi connectivity index (χ0v) is 9.49. The Morgan fingerprint density at radius 2 is 2.20 bits per heavy atom. The normalized spacial score (nSPS) is 11.5. The van der Waals surface area contributed by atoms with E-state index in [1.165, 1.54) is 0 Å². The van der Waals surface area contributed by atoms with Gasteiger partial charge >= 0.3 is 0 Å². The molecule has 0 saturated carbocycles. The van der Waals surface area contributed by atoms with Crippen LogP contribution in [0.15, 0.2) is 18.2 Å². The van der Waals surface area contributed by atoms with Gasteiger partial charge in [-0.3, -0.25) is 4.40 Å². The fraction of sp³-hybridized carbons (Fsp3) is 0.364. The van der Waals surface area contributed by atoms with Crippen LogP contribution in [0.3, 0.4) is 0 Å². The fourth-order valence-electron chi connectivity index (χ4n) is 1.74. The molecule has 0 aliphatic carbocycles. The van der Waals surface area contributed by atoms with Gasteiger partial charge in [-0.05, 0) is 18.1 Å². The zero-order chi connectivity index (χ0) is 11.0. The predicted molar refractivity (Wildman–Crippen MR) is 60.2 cm³/mol. The van der Waals surface area contributed by atoms with Crippen LogP contribution >= 0.6 is 11.6 Å². The van der Waals surface area contributed by atoms with E-state index in [4.69, 9.17) is 11.6 Å². The summed E-state index contributed by atoms with van der Waals surface area (Å²) in [4.78, 5) is 4.46. The topological polar surface area (TPSA) is 37.5 Å². The highest BCUT2D eigenvalue weighted by atomic mass is 35.5. The average molecular weight is 225 g/mol. The maximum absolute atomic E-state index is 9.36. The van der Waals surface area contributed by atoms with Gasteiger partial charge in [-0.2, -0.15) is 0 Å². The molecule has 0 aromatic carbocycles. The molecule has 0 saturated heterocycles. The van der Waals surface area contributed by atoms with Gasteiger partial charge in [0, 0.05) is 0 Å². The van der Waals surface area contributed by atoms with Crippen molar-refractivity contribution in [1.29, 1.82) is 0 Å². The number of pyridine rings is 1. The van der Waals surface area contributed by atoms with Crippen molar-refractivity contribution in [3.8, 4) is 0 Å². The molecule has 2 heterocycles. The first-order valence-corrected chi connectivity index (χ1v) is 5.29. The van der Waals surface area contributed by atoms with Gasteiger partial charge in [-0.25, -0.2) is 4.98 Å². The van der Waals surface area contributed by atoms with Gasteiger partial charge in [0.15, 0.2) is 0 Å². The molecule has 0 aliphatic rings. The van der Waals surface area contributed by atoms with Gasteiger partial charge in [0.1, 0.15) is 10.8 Å². The molecule has 2 aromatic rings. The molecule has 0 bridgehead atoms. The molecule has 2 aromatic heterocycles. The summed E-state index contributed by atoms with van der Waals surface area (Å²) in [6.45, 7) is 4.06. The van der Waals surface area contributed by atoms with E-state index >= 15 is 0 Å². The number of imidazole rings is 1. The highest BCUT2D eigenvalue weighted by Gasteiger charge is 2.15. The third kappa shape index (κ3) is 1.62. The van der Waals surface area contributed by atoms with E-state index < -0.39 is 0 Å². The monoisotopic (exact) mass is 224 g/mol. The Morgan fingerprint density at radius 1 is 1.47 bits per heavy atom. The molecule has 0 fully saturated rings. The van der Waals surface area contributed by atoms with E-state index in [0.717, 1.165) is 17.0 Å². The summed E-state index contributed by atoms with van der Waals surface area (Å²) in [6.07, 6.45) is 0. The Kier molecular flexibility index (Phi) is 2.67. The lowest BCUT2D eigenvalue weighted by Gasteiger charge is -2.04. The number of aliphatic hydroxyl groups excluding tert-OH is 1. The highest BCUT2D eigenvalue weighted by Crippen LogP contribution is 2.23. The first-order chi connectivity index (χ1) is 7.15. The molecular weight excluding hydrogens is 212 g/mol. The van der Waals surface area contributed by atoms with Crippen LogP contribution in [-0.4, -0.2) is 14.5 Å². The van der Waals surface area contributed by atoms with Crippen LogP contribution in [0.4, 0.5) is 0 Å². The second kappa shape index (κ2) is 3.83. The lowest BCUT2D eigenvalue weighted by molar-refractivity contribution is 0.274. The molecular formula is C11H13ClN2O. The van der Waals surface area contributed by atoms with Crippen molar-refractivity contribution in [3.63, 3.8) is 0 Å². The predicted octanol–water partition coefficient (Wildman–Crippen LogP) is 2.60. The number of nitrogens with zero attached hydrogens (tertiary/aromatic N) is 2. The summed E-state index contributed by atoms with van der Waals surface area (Å²) in [7, 11) is 0. The molecule has 1 N–H and O–H groups in total. The lowest BCUT2D eigenvalue weighted by atomic mass is 10.1. The minimum absolute atomic E-state index is 0.0432. The van der Waals surface area contributed by atoms with Crippen molar-refractivity contribution in [2.75, 3.05) is 0 Å². The number of fused-ring (bicyclic) bond motifs is 1. The Hall–Kier alpha value is -1.06. The average Bonchev–Trinajstić information content (AvgIpc) is 2.57. The van der Waals surface area contributed by atoms with Crippen molar-refractivity contribution >= 4 is 17.2 Å². The van der Waals surface area contributed by atoms with E-state index in [0.29, 0.717) is 5.15 Å². The number of rotatable bonds is 2. The van der Waals surface area contributed by atoms with Crippen LogP contribution < -0.4 is 0 Å². The molecule has 80 valence electrons. The third-order valence-electron chi connectivity index (χ3n) is 2.42. The maximum atomic E-state index is 9.36. The van der Waals surface area contributed by atoms with Crippen molar-refractivity contribution in [2.24, 2.45) is 0 Å². The van der Waals surface area contributed by atoms with Gasteiger partial charge in [-0.15, -0.1) is 0 Å². The van der Waals surface area contributed by atoms with Crippen LogP contribution in [0.2, 0.25) is 5.15 Å². The minimum atomic E-state index is -0.0432.